The molecule has 3 heteroatoms. The third-order valence-electron chi connectivity index (χ3n) is 4.77. The molecule has 124 valence electrons. The number of likely N-dealkylation sites (tertiary alicyclic amines) is 1. The van der Waals surface area contributed by atoms with Crippen molar-refractivity contribution in [2.24, 2.45) is 5.73 Å². The molecule has 1 saturated heterocycles. The first-order valence-corrected chi connectivity index (χ1v) is 8.41. The molecule has 3 rings (SSSR count). The van der Waals surface area contributed by atoms with E-state index in [0.29, 0.717) is 12.0 Å². The number of rotatable bonds is 5. The zero-order valence-corrected chi connectivity index (χ0v) is 14.4. The van der Waals surface area contributed by atoms with Crippen LogP contribution in [0.25, 0.3) is 0 Å². The highest BCUT2D eigenvalue weighted by Gasteiger charge is 2.19. The molecular formula is C20H27ClN2. The van der Waals surface area contributed by atoms with Gasteiger partial charge >= 0.3 is 0 Å². The van der Waals surface area contributed by atoms with Gasteiger partial charge in [-0.15, -0.1) is 12.4 Å². The molecule has 2 aromatic carbocycles. The maximum absolute atomic E-state index is 6.01. The van der Waals surface area contributed by atoms with Crippen LogP contribution in [0.5, 0.6) is 0 Å². The van der Waals surface area contributed by atoms with E-state index in [4.69, 9.17) is 5.73 Å². The van der Waals surface area contributed by atoms with Crippen molar-refractivity contribution in [2.75, 3.05) is 19.6 Å². The topological polar surface area (TPSA) is 29.3 Å². The third kappa shape index (κ3) is 5.07. The van der Waals surface area contributed by atoms with Crippen molar-refractivity contribution in [3.05, 3.63) is 71.8 Å². The summed E-state index contributed by atoms with van der Waals surface area (Å²) in [5.41, 5.74) is 8.85. The van der Waals surface area contributed by atoms with Gasteiger partial charge in [0.05, 0.1) is 0 Å². The van der Waals surface area contributed by atoms with Crippen LogP contribution in [0, 0.1) is 0 Å². The van der Waals surface area contributed by atoms with Gasteiger partial charge in [-0.2, -0.15) is 0 Å². The monoisotopic (exact) mass is 330 g/mol. The van der Waals surface area contributed by atoms with E-state index in [1.165, 1.54) is 17.5 Å². The maximum Gasteiger partial charge on any atom is 0.0101 e. The summed E-state index contributed by atoms with van der Waals surface area (Å²) in [5.74, 6) is 0.484. The number of halogens is 1. The summed E-state index contributed by atoms with van der Waals surface area (Å²) in [5, 5.41) is 0. The molecule has 1 aliphatic heterocycles. The van der Waals surface area contributed by atoms with Crippen molar-refractivity contribution >= 4 is 12.4 Å². The number of hydrogen-bond donors (Lipinski definition) is 1. The Balaban J connectivity index is 0.00000192. The molecule has 1 fully saturated rings. The molecule has 0 saturated carbocycles. The van der Waals surface area contributed by atoms with Crippen LogP contribution in [0.2, 0.25) is 0 Å². The number of nitrogens with two attached hydrogens (primary N) is 1. The molecule has 0 unspecified atom stereocenters. The van der Waals surface area contributed by atoms with E-state index in [9.17, 15) is 0 Å². The Kier molecular flexibility index (Phi) is 7.10. The van der Waals surface area contributed by atoms with Gasteiger partial charge in [0.15, 0.2) is 0 Å². The minimum absolute atomic E-state index is 0. The molecule has 2 aromatic rings. The largest absolute Gasteiger partial charge is 0.328 e. The van der Waals surface area contributed by atoms with Crippen molar-refractivity contribution < 1.29 is 0 Å². The third-order valence-corrected chi connectivity index (χ3v) is 4.77. The number of benzene rings is 2. The Morgan fingerprint density at radius 1 is 0.870 bits per heavy atom. The quantitative estimate of drug-likeness (QED) is 0.896. The molecule has 0 radical (unpaired) electrons. The summed E-state index contributed by atoms with van der Waals surface area (Å²) < 4.78 is 0. The maximum atomic E-state index is 6.01. The van der Waals surface area contributed by atoms with E-state index >= 15 is 0 Å². The van der Waals surface area contributed by atoms with E-state index < -0.39 is 0 Å². The summed E-state index contributed by atoms with van der Waals surface area (Å²) in [7, 11) is 0. The average Bonchev–Trinajstić information content (AvgIpc) is 2.59. The number of hydrogen-bond acceptors (Lipinski definition) is 2. The van der Waals surface area contributed by atoms with Crippen LogP contribution in [-0.4, -0.2) is 30.6 Å². The second-order valence-corrected chi connectivity index (χ2v) is 6.34. The van der Waals surface area contributed by atoms with Gasteiger partial charge in [0, 0.05) is 12.0 Å². The predicted molar refractivity (Wildman–Crippen MR) is 100 cm³/mol. The Hall–Kier alpha value is -1.35. The fourth-order valence-electron chi connectivity index (χ4n) is 3.38. The summed E-state index contributed by atoms with van der Waals surface area (Å²) in [4.78, 5) is 2.57. The molecule has 23 heavy (non-hydrogen) atoms. The highest BCUT2D eigenvalue weighted by atomic mass is 35.5. The van der Waals surface area contributed by atoms with Crippen molar-refractivity contribution in [3.8, 4) is 0 Å². The highest BCUT2D eigenvalue weighted by Crippen LogP contribution is 2.28. The van der Waals surface area contributed by atoms with Gasteiger partial charge in [0.2, 0.25) is 0 Å². The second kappa shape index (κ2) is 9.07. The first kappa shape index (κ1) is 18.0. The second-order valence-electron chi connectivity index (χ2n) is 6.34. The summed E-state index contributed by atoms with van der Waals surface area (Å²) in [6.45, 7) is 3.45. The van der Waals surface area contributed by atoms with Crippen molar-refractivity contribution in [2.45, 2.75) is 31.2 Å². The van der Waals surface area contributed by atoms with Crippen LogP contribution in [-0.2, 0) is 0 Å². The molecule has 0 aliphatic carbocycles. The van der Waals surface area contributed by atoms with E-state index in [2.05, 4.69) is 65.6 Å². The smallest absolute Gasteiger partial charge is 0.0101 e. The minimum Gasteiger partial charge on any atom is -0.328 e. The van der Waals surface area contributed by atoms with Crippen LogP contribution in [0.15, 0.2) is 60.7 Å². The summed E-state index contributed by atoms with van der Waals surface area (Å²) in [6, 6.07) is 22.2. The first-order chi connectivity index (χ1) is 10.8. The van der Waals surface area contributed by atoms with E-state index in [-0.39, 0.29) is 12.4 Å². The number of piperidine rings is 1. The van der Waals surface area contributed by atoms with Crippen LogP contribution in [0.3, 0.4) is 0 Å². The Morgan fingerprint density at radius 3 is 1.83 bits per heavy atom. The molecule has 0 spiro atoms. The molecule has 0 amide bonds. The molecule has 2 N–H and O–H groups in total. The molecule has 0 aromatic heterocycles. The van der Waals surface area contributed by atoms with Gasteiger partial charge < -0.3 is 10.6 Å². The lowest BCUT2D eigenvalue weighted by atomic mass is 9.88. The van der Waals surface area contributed by atoms with E-state index in [0.717, 1.165) is 32.5 Å². The lowest BCUT2D eigenvalue weighted by Crippen LogP contribution is -2.40. The van der Waals surface area contributed by atoms with Crippen LogP contribution in [0.1, 0.15) is 36.3 Å². The van der Waals surface area contributed by atoms with Gasteiger partial charge in [-0.1, -0.05) is 60.7 Å². The zero-order chi connectivity index (χ0) is 15.2. The van der Waals surface area contributed by atoms with E-state index in [1.807, 2.05) is 0 Å². The SMILES string of the molecule is Cl.NC1CCN(CCC(c2ccccc2)c2ccccc2)CC1. The molecule has 2 nitrogen and oxygen atoms in total. The Labute approximate surface area is 146 Å². The zero-order valence-electron chi connectivity index (χ0n) is 13.6. The molecular weight excluding hydrogens is 304 g/mol. The van der Waals surface area contributed by atoms with E-state index in [1.54, 1.807) is 0 Å². The molecule has 1 aliphatic rings. The van der Waals surface area contributed by atoms with Gasteiger partial charge in [-0.05, 0) is 50.0 Å². The highest BCUT2D eigenvalue weighted by molar-refractivity contribution is 5.85. The molecule has 0 atom stereocenters. The normalized spacial score (nSPS) is 16.3. The van der Waals surface area contributed by atoms with Crippen LogP contribution in [0.4, 0.5) is 0 Å². The summed E-state index contributed by atoms with van der Waals surface area (Å²) in [6.07, 6.45) is 3.45. The number of nitrogens with zero attached hydrogens (tertiary/aromatic N) is 1. The lowest BCUT2D eigenvalue weighted by molar-refractivity contribution is 0.208. The Morgan fingerprint density at radius 2 is 1.35 bits per heavy atom. The molecule has 0 bridgehead atoms. The van der Waals surface area contributed by atoms with Gasteiger partial charge in [0.1, 0.15) is 0 Å². The minimum atomic E-state index is 0. The summed E-state index contributed by atoms with van der Waals surface area (Å²) >= 11 is 0. The lowest BCUT2D eigenvalue weighted by Gasteiger charge is -2.31. The van der Waals surface area contributed by atoms with Crippen LogP contribution >= 0.6 is 12.4 Å². The van der Waals surface area contributed by atoms with Gasteiger partial charge in [-0.25, -0.2) is 0 Å². The molecule has 1 heterocycles. The van der Waals surface area contributed by atoms with Crippen LogP contribution < -0.4 is 5.73 Å². The first-order valence-electron chi connectivity index (χ1n) is 8.41. The Bertz CT molecular complexity index is 511. The fraction of sp³-hybridized carbons (Fsp3) is 0.400. The van der Waals surface area contributed by atoms with Crippen molar-refractivity contribution in [1.29, 1.82) is 0 Å². The standard InChI is InChI=1S/C20H26N2.ClH/c21-19-11-14-22(15-12-19)16-13-20(17-7-3-1-4-8-17)18-9-5-2-6-10-18;/h1-10,19-20H,11-16,21H2;1H. The van der Waals surface area contributed by atoms with Crippen molar-refractivity contribution in [1.82, 2.24) is 4.90 Å². The van der Waals surface area contributed by atoms with Crippen molar-refractivity contribution in [3.63, 3.8) is 0 Å². The van der Waals surface area contributed by atoms with Gasteiger partial charge in [0.25, 0.3) is 0 Å². The fourth-order valence-corrected chi connectivity index (χ4v) is 3.38. The predicted octanol–water partition coefficient (Wildman–Crippen LogP) is 4.05. The average molecular weight is 331 g/mol. The van der Waals surface area contributed by atoms with Gasteiger partial charge in [-0.3, -0.25) is 0 Å².